The average Bonchev–Trinajstić information content (AvgIpc) is 2.43. The van der Waals surface area contributed by atoms with E-state index < -0.39 is 0 Å². The van der Waals surface area contributed by atoms with Gasteiger partial charge >= 0.3 is 0 Å². The van der Waals surface area contributed by atoms with Gasteiger partial charge in [0, 0.05) is 20.3 Å². The highest BCUT2D eigenvalue weighted by Gasteiger charge is 2.03. The molecule has 1 aromatic rings. The van der Waals surface area contributed by atoms with Crippen molar-refractivity contribution in [3.63, 3.8) is 0 Å². The van der Waals surface area contributed by atoms with Crippen LogP contribution in [0.2, 0.25) is 0 Å². The van der Waals surface area contributed by atoms with Crippen LogP contribution in [0.15, 0.2) is 12.1 Å². The van der Waals surface area contributed by atoms with Gasteiger partial charge in [-0.3, -0.25) is 0 Å². The second-order valence-electron chi connectivity index (χ2n) is 4.42. The van der Waals surface area contributed by atoms with Crippen LogP contribution in [0.25, 0.3) is 0 Å². The van der Waals surface area contributed by atoms with Crippen LogP contribution in [0.4, 0.5) is 11.5 Å². The number of pyridine rings is 1. The molecule has 3 N–H and O–H groups in total. The quantitative estimate of drug-likeness (QED) is 0.638. The lowest BCUT2D eigenvalue weighted by atomic mass is 10.2. The van der Waals surface area contributed by atoms with E-state index in [1.807, 2.05) is 12.1 Å². The van der Waals surface area contributed by atoms with E-state index in [9.17, 15) is 0 Å². The molecule has 0 radical (unpaired) electrons. The van der Waals surface area contributed by atoms with Crippen LogP contribution in [0, 0.1) is 0 Å². The van der Waals surface area contributed by atoms with Gasteiger partial charge in [-0.2, -0.15) is 4.98 Å². The van der Waals surface area contributed by atoms with E-state index in [-0.39, 0.29) is 0 Å². The molecule has 0 amide bonds. The summed E-state index contributed by atoms with van der Waals surface area (Å²) in [6.07, 6.45) is 4.28. The molecule has 0 saturated heterocycles. The summed E-state index contributed by atoms with van der Waals surface area (Å²) >= 11 is 0. The Morgan fingerprint density at radius 2 is 2.05 bits per heavy atom. The zero-order chi connectivity index (χ0) is 13.9. The highest BCUT2D eigenvalue weighted by Crippen LogP contribution is 2.20. The Kier molecular flexibility index (Phi) is 7.74. The van der Waals surface area contributed by atoms with Crippen LogP contribution in [-0.2, 0) is 4.74 Å². The second kappa shape index (κ2) is 9.44. The third-order valence-electron chi connectivity index (χ3n) is 2.66. The van der Waals surface area contributed by atoms with Crippen molar-refractivity contribution in [2.45, 2.75) is 32.6 Å². The van der Waals surface area contributed by atoms with Crippen LogP contribution in [0.3, 0.4) is 0 Å². The van der Waals surface area contributed by atoms with Crippen LogP contribution < -0.4 is 15.8 Å². The van der Waals surface area contributed by atoms with E-state index in [4.69, 9.17) is 15.2 Å². The number of aromatic nitrogens is 1. The molecule has 0 saturated carbocycles. The summed E-state index contributed by atoms with van der Waals surface area (Å²) in [6, 6.07) is 3.70. The van der Waals surface area contributed by atoms with E-state index in [0.29, 0.717) is 18.2 Å². The van der Waals surface area contributed by atoms with Gasteiger partial charge in [0.15, 0.2) is 0 Å². The third kappa shape index (κ3) is 6.29. The van der Waals surface area contributed by atoms with Gasteiger partial charge in [0.1, 0.15) is 5.82 Å². The van der Waals surface area contributed by atoms with E-state index in [2.05, 4.69) is 17.2 Å². The smallest absolute Gasteiger partial charge is 0.239 e. The molecule has 0 aliphatic rings. The molecule has 1 heterocycles. The van der Waals surface area contributed by atoms with Crippen molar-refractivity contribution in [3.8, 4) is 5.88 Å². The second-order valence-corrected chi connectivity index (χ2v) is 4.42. The molecule has 0 spiro atoms. The Morgan fingerprint density at radius 1 is 1.21 bits per heavy atom. The van der Waals surface area contributed by atoms with Crippen LogP contribution >= 0.6 is 0 Å². The summed E-state index contributed by atoms with van der Waals surface area (Å²) in [5, 5.41) is 3.28. The summed E-state index contributed by atoms with van der Waals surface area (Å²) in [5.41, 5.74) is 6.39. The standard InChI is InChI=1S/C14H25N3O2/c1-3-10-19-14-12(15)7-8-13(17-14)16-9-5-4-6-11-18-2/h7-8H,3-6,9-11,15H2,1-2H3,(H,16,17). The highest BCUT2D eigenvalue weighted by atomic mass is 16.5. The van der Waals surface area contributed by atoms with Gasteiger partial charge in [-0.05, 0) is 37.8 Å². The van der Waals surface area contributed by atoms with Crippen molar-refractivity contribution in [2.24, 2.45) is 0 Å². The Morgan fingerprint density at radius 3 is 2.79 bits per heavy atom. The number of unbranched alkanes of at least 4 members (excludes halogenated alkanes) is 2. The van der Waals surface area contributed by atoms with E-state index in [0.717, 1.165) is 44.7 Å². The van der Waals surface area contributed by atoms with E-state index in [1.54, 1.807) is 7.11 Å². The first-order chi connectivity index (χ1) is 9.27. The Labute approximate surface area is 115 Å². The van der Waals surface area contributed by atoms with Gasteiger partial charge in [0.05, 0.1) is 12.3 Å². The molecule has 0 aromatic carbocycles. The van der Waals surface area contributed by atoms with Crippen LogP contribution in [0.1, 0.15) is 32.6 Å². The first-order valence-corrected chi connectivity index (χ1v) is 6.90. The molecule has 0 bridgehead atoms. The molecule has 0 aliphatic heterocycles. The van der Waals surface area contributed by atoms with Crippen molar-refractivity contribution in [2.75, 3.05) is 37.9 Å². The van der Waals surface area contributed by atoms with Crippen molar-refractivity contribution < 1.29 is 9.47 Å². The monoisotopic (exact) mass is 267 g/mol. The molecule has 5 heteroatoms. The molecule has 19 heavy (non-hydrogen) atoms. The molecule has 1 aromatic heterocycles. The highest BCUT2D eigenvalue weighted by molar-refractivity contribution is 5.53. The lowest BCUT2D eigenvalue weighted by Gasteiger charge is -2.10. The number of hydrogen-bond acceptors (Lipinski definition) is 5. The fourth-order valence-electron chi connectivity index (χ4n) is 1.63. The number of rotatable bonds is 10. The SMILES string of the molecule is CCCOc1nc(NCCCCCOC)ccc1N. The predicted octanol–water partition coefficient (Wildman–Crippen LogP) is 2.68. The summed E-state index contributed by atoms with van der Waals surface area (Å²) in [4.78, 5) is 4.36. The molecular weight excluding hydrogens is 242 g/mol. The van der Waals surface area contributed by atoms with Gasteiger partial charge in [-0.1, -0.05) is 6.92 Å². The maximum Gasteiger partial charge on any atom is 0.239 e. The molecule has 5 nitrogen and oxygen atoms in total. The van der Waals surface area contributed by atoms with Crippen LogP contribution in [-0.4, -0.2) is 31.9 Å². The number of nitrogens with one attached hydrogen (secondary N) is 1. The normalized spacial score (nSPS) is 10.4. The van der Waals surface area contributed by atoms with Gasteiger partial charge < -0.3 is 20.5 Å². The fourth-order valence-corrected chi connectivity index (χ4v) is 1.63. The number of ether oxygens (including phenoxy) is 2. The molecule has 0 atom stereocenters. The number of nitrogens with zero attached hydrogens (tertiary/aromatic N) is 1. The zero-order valence-electron chi connectivity index (χ0n) is 11.9. The van der Waals surface area contributed by atoms with Gasteiger partial charge in [0.2, 0.25) is 5.88 Å². The maximum atomic E-state index is 5.81. The minimum absolute atomic E-state index is 0.520. The Bertz CT molecular complexity index is 359. The van der Waals surface area contributed by atoms with Crippen molar-refractivity contribution in [1.29, 1.82) is 0 Å². The predicted molar refractivity (Wildman–Crippen MR) is 78.7 cm³/mol. The van der Waals surface area contributed by atoms with Gasteiger partial charge in [-0.15, -0.1) is 0 Å². The largest absolute Gasteiger partial charge is 0.476 e. The van der Waals surface area contributed by atoms with Crippen molar-refractivity contribution >= 4 is 11.5 Å². The first kappa shape index (κ1) is 15.6. The first-order valence-electron chi connectivity index (χ1n) is 6.90. The van der Waals surface area contributed by atoms with Gasteiger partial charge in [-0.25, -0.2) is 0 Å². The molecule has 0 fully saturated rings. The molecule has 1 rings (SSSR count). The Balaban J connectivity index is 2.33. The molecule has 0 aliphatic carbocycles. The Hall–Kier alpha value is -1.49. The minimum atomic E-state index is 0.520. The van der Waals surface area contributed by atoms with Crippen LogP contribution in [0.5, 0.6) is 5.88 Å². The van der Waals surface area contributed by atoms with E-state index >= 15 is 0 Å². The molecular formula is C14H25N3O2. The van der Waals surface area contributed by atoms with Gasteiger partial charge in [0.25, 0.3) is 0 Å². The summed E-state index contributed by atoms with van der Waals surface area (Å²) in [7, 11) is 1.73. The number of hydrogen-bond donors (Lipinski definition) is 2. The number of nitrogens with two attached hydrogens (primary N) is 1. The summed E-state index contributed by atoms with van der Waals surface area (Å²) in [6.45, 7) is 4.42. The number of methoxy groups -OCH3 is 1. The molecule has 108 valence electrons. The fraction of sp³-hybridized carbons (Fsp3) is 0.643. The lowest BCUT2D eigenvalue weighted by molar-refractivity contribution is 0.192. The minimum Gasteiger partial charge on any atom is -0.476 e. The lowest BCUT2D eigenvalue weighted by Crippen LogP contribution is -2.07. The maximum absolute atomic E-state index is 5.81. The van der Waals surface area contributed by atoms with Crippen molar-refractivity contribution in [1.82, 2.24) is 4.98 Å². The van der Waals surface area contributed by atoms with Crippen molar-refractivity contribution in [3.05, 3.63) is 12.1 Å². The number of nitrogen functional groups attached to an aromatic ring is 1. The molecule has 0 unspecified atom stereocenters. The summed E-state index contributed by atoms with van der Waals surface area (Å²) < 4.78 is 10.5. The van der Waals surface area contributed by atoms with E-state index in [1.165, 1.54) is 0 Å². The summed E-state index contributed by atoms with van der Waals surface area (Å²) in [5.74, 6) is 1.33. The average molecular weight is 267 g/mol. The third-order valence-corrected chi connectivity index (χ3v) is 2.66. The zero-order valence-corrected chi connectivity index (χ0v) is 11.9. The number of anilines is 2. The topological polar surface area (TPSA) is 69.4 Å².